The van der Waals surface area contributed by atoms with Gasteiger partial charge in [-0.05, 0) is 42.0 Å². The van der Waals surface area contributed by atoms with Crippen molar-refractivity contribution in [1.29, 1.82) is 0 Å². The Morgan fingerprint density at radius 1 is 0.963 bits per heavy atom. The van der Waals surface area contributed by atoms with Gasteiger partial charge in [-0.25, -0.2) is 4.79 Å². The van der Waals surface area contributed by atoms with Crippen molar-refractivity contribution in [3.63, 3.8) is 0 Å². The van der Waals surface area contributed by atoms with Crippen molar-refractivity contribution in [2.75, 3.05) is 37.6 Å². The molecule has 0 unspecified atom stereocenters. The second-order valence-corrected chi connectivity index (χ2v) is 7.54. The number of amides is 2. The number of urea groups is 1. The van der Waals surface area contributed by atoms with Crippen LogP contribution < -0.4 is 10.2 Å². The van der Waals surface area contributed by atoms with Crippen molar-refractivity contribution >= 4 is 11.7 Å². The van der Waals surface area contributed by atoms with Crippen LogP contribution in [0, 0.1) is 0 Å². The fraction of sp³-hybridized carbons (Fsp3) is 0.435. The van der Waals surface area contributed by atoms with Gasteiger partial charge in [0, 0.05) is 38.4 Å². The number of nitrogens with zero attached hydrogens (tertiary/aromatic N) is 2. The van der Waals surface area contributed by atoms with Gasteiger partial charge >= 0.3 is 6.03 Å². The number of hydrogen-bond acceptors (Lipinski definition) is 2. The fourth-order valence-electron chi connectivity index (χ4n) is 3.48. The molecule has 0 aliphatic carbocycles. The molecular formula is C23H31N3O. The largest absolute Gasteiger partial charge is 0.368 e. The summed E-state index contributed by atoms with van der Waals surface area (Å²) in [6.45, 7) is 8.48. The molecule has 0 aromatic heterocycles. The molecule has 0 spiro atoms. The molecule has 27 heavy (non-hydrogen) atoms. The lowest BCUT2D eigenvalue weighted by Gasteiger charge is -2.36. The van der Waals surface area contributed by atoms with Crippen LogP contribution in [0.1, 0.15) is 37.3 Å². The van der Waals surface area contributed by atoms with E-state index in [0.717, 1.165) is 45.6 Å². The Hall–Kier alpha value is -2.49. The lowest BCUT2D eigenvalue weighted by Crippen LogP contribution is -2.52. The van der Waals surface area contributed by atoms with Gasteiger partial charge in [0.25, 0.3) is 0 Å². The van der Waals surface area contributed by atoms with E-state index in [0.29, 0.717) is 5.92 Å². The second kappa shape index (κ2) is 9.45. The molecule has 4 heteroatoms. The molecule has 1 heterocycles. The van der Waals surface area contributed by atoms with Crippen molar-refractivity contribution in [1.82, 2.24) is 10.2 Å². The average molecular weight is 366 g/mol. The van der Waals surface area contributed by atoms with Crippen molar-refractivity contribution in [3.8, 4) is 0 Å². The molecule has 4 nitrogen and oxygen atoms in total. The van der Waals surface area contributed by atoms with E-state index >= 15 is 0 Å². The highest BCUT2D eigenvalue weighted by Crippen LogP contribution is 2.21. The van der Waals surface area contributed by atoms with Crippen LogP contribution in [0.2, 0.25) is 0 Å². The van der Waals surface area contributed by atoms with Crippen LogP contribution >= 0.6 is 0 Å². The number of benzene rings is 2. The van der Waals surface area contributed by atoms with E-state index in [-0.39, 0.29) is 6.03 Å². The molecule has 0 saturated carbocycles. The average Bonchev–Trinajstić information content (AvgIpc) is 2.72. The van der Waals surface area contributed by atoms with E-state index in [9.17, 15) is 4.79 Å². The Labute approximate surface area is 163 Å². The van der Waals surface area contributed by atoms with Gasteiger partial charge in [-0.15, -0.1) is 0 Å². The molecule has 1 fully saturated rings. The van der Waals surface area contributed by atoms with Gasteiger partial charge in [0.1, 0.15) is 0 Å². The standard InChI is InChI=1S/C23H31N3O/c1-19(2)21-10-12-22(13-11-21)25-15-17-26(18-16-25)23(27)24-14-6-9-20-7-4-3-5-8-20/h3-5,7-8,10-13,19H,6,9,14-18H2,1-2H3,(H,24,27). The van der Waals surface area contributed by atoms with Gasteiger partial charge in [-0.2, -0.15) is 0 Å². The third-order valence-corrected chi connectivity index (χ3v) is 5.25. The van der Waals surface area contributed by atoms with Crippen LogP contribution in [-0.2, 0) is 6.42 Å². The van der Waals surface area contributed by atoms with Crippen LogP contribution in [0.25, 0.3) is 0 Å². The number of nitrogens with one attached hydrogen (secondary N) is 1. The summed E-state index contributed by atoms with van der Waals surface area (Å²) < 4.78 is 0. The number of piperazine rings is 1. The highest BCUT2D eigenvalue weighted by Gasteiger charge is 2.21. The summed E-state index contributed by atoms with van der Waals surface area (Å²) in [4.78, 5) is 16.7. The molecule has 2 aromatic rings. The van der Waals surface area contributed by atoms with E-state index in [1.165, 1.54) is 16.8 Å². The quantitative estimate of drug-likeness (QED) is 0.776. The fourth-order valence-corrected chi connectivity index (χ4v) is 3.48. The van der Waals surface area contributed by atoms with E-state index in [4.69, 9.17) is 0 Å². The van der Waals surface area contributed by atoms with Crippen molar-refractivity contribution in [2.45, 2.75) is 32.6 Å². The first-order valence-corrected chi connectivity index (χ1v) is 10.0. The van der Waals surface area contributed by atoms with Crippen LogP contribution in [0.15, 0.2) is 54.6 Å². The van der Waals surface area contributed by atoms with E-state index < -0.39 is 0 Å². The molecule has 3 rings (SSSR count). The molecule has 1 saturated heterocycles. The highest BCUT2D eigenvalue weighted by atomic mass is 16.2. The smallest absolute Gasteiger partial charge is 0.317 e. The van der Waals surface area contributed by atoms with E-state index in [2.05, 4.69) is 72.6 Å². The van der Waals surface area contributed by atoms with E-state index in [1.807, 2.05) is 11.0 Å². The van der Waals surface area contributed by atoms with Gasteiger partial charge in [-0.1, -0.05) is 56.3 Å². The predicted octanol–water partition coefficient (Wildman–Crippen LogP) is 4.27. The van der Waals surface area contributed by atoms with Crippen molar-refractivity contribution in [2.24, 2.45) is 0 Å². The summed E-state index contributed by atoms with van der Waals surface area (Å²) in [5.74, 6) is 0.557. The zero-order chi connectivity index (χ0) is 19.1. The first-order chi connectivity index (χ1) is 13.1. The number of hydrogen-bond donors (Lipinski definition) is 1. The normalized spacial score (nSPS) is 14.5. The summed E-state index contributed by atoms with van der Waals surface area (Å²) >= 11 is 0. The Balaban J connectivity index is 1.38. The van der Waals surface area contributed by atoms with Gasteiger partial charge in [0.15, 0.2) is 0 Å². The molecule has 0 bridgehead atoms. The van der Waals surface area contributed by atoms with Gasteiger partial charge in [-0.3, -0.25) is 0 Å². The first kappa shape index (κ1) is 19.3. The van der Waals surface area contributed by atoms with Gasteiger partial charge in [0.05, 0.1) is 0 Å². The zero-order valence-corrected chi connectivity index (χ0v) is 16.5. The van der Waals surface area contributed by atoms with Crippen LogP contribution in [0.5, 0.6) is 0 Å². The second-order valence-electron chi connectivity index (χ2n) is 7.54. The van der Waals surface area contributed by atoms with Crippen LogP contribution in [0.4, 0.5) is 10.5 Å². The number of aryl methyl sites for hydroxylation is 1. The molecule has 144 valence electrons. The number of anilines is 1. The van der Waals surface area contributed by atoms with E-state index in [1.54, 1.807) is 0 Å². The van der Waals surface area contributed by atoms with Gasteiger partial charge < -0.3 is 15.1 Å². The number of rotatable bonds is 6. The minimum absolute atomic E-state index is 0.0675. The van der Waals surface area contributed by atoms with Gasteiger partial charge in [0.2, 0.25) is 0 Å². The maximum atomic E-state index is 12.4. The summed E-state index contributed by atoms with van der Waals surface area (Å²) in [5, 5.41) is 3.07. The lowest BCUT2D eigenvalue weighted by molar-refractivity contribution is 0.194. The predicted molar refractivity (Wildman–Crippen MR) is 112 cm³/mol. The zero-order valence-electron chi connectivity index (χ0n) is 16.5. The maximum Gasteiger partial charge on any atom is 0.317 e. The third kappa shape index (κ3) is 5.49. The summed E-state index contributed by atoms with van der Waals surface area (Å²) in [5.41, 5.74) is 3.94. The first-order valence-electron chi connectivity index (χ1n) is 10.0. The minimum Gasteiger partial charge on any atom is -0.368 e. The molecular weight excluding hydrogens is 334 g/mol. The molecule has 2 aromatic carbocycles. The Morgan fingerprint density at radius 2 is 1.63 bits per heavy atom. The molecule has 2 amide bonds. The third-order valence-electron chi connectivity index (χ3n) is 5.25. The summed E-state index contributed by atoms with van der Waals surface area (Å²) in [6.07, 6.45) is 1.97. The number of carbonyl (C=O) groups excluding carboxylic acids is 1. The van der Waals surface area contributed by atoms with Crippen LogP contribution in [0.3, 0.4) is 0 Å². The number of carbonyl (C=O) groups is 1. The molecule has 1 aliphatic rings. The monoisotopic (exact) mass is 365 g/mol. The molecule has 1 N–H and O–H groups in total. The van der Waals surface area contributed by atoms with Crippen molar-refractivity contribution in [3.05, 3.63) is 65.7 Å². The SMILES string of the molecule is CC(C)c1ccc(N2CCN(C(=O)NCCCc3ccccc3)CC2)cc1. The maximum absolute atomic E-state index is 12.4. The minimum atomic E-state index is 0.0675. The molecule has 0 atom stereocenters. The summed E-state index contributed by atoms with van der Waals surface area (Å²) in [7, 11) is 0. The Bertz CT molecular complexity index is 704. The topological polar surface area (TPSA) is 35.6 Å². The highest BCUT2D eigenvalue weighted by molar-refractivity contribution is 5.74. The molecule has 1 aliphatic heterocycles. The lowest BCUT2D eigenvalue weighted by atomic mass is 10.0. The Kier molecular flexibility index (Phi) is 6.74. The molecule has 0 radical (unpaired) electrons. The Morgan fingerprint density at radius 3 is 2.26 bits per heavy atom. The van der Waals surface area contributed by atoms with Crippen LogP contribution in [-0.4, -0.2) is 43.7 Å². The summed E-state index contributed by atoms with van der Waals surface area (Å²) in [6, 6.07) is 19.3. The van der Waals surface area contributed by atoms with Crippen molar-refractivity contribution < 1.29 is 4.79 Å².